The molecule has 0 radical (unpaired) electrons. The molecule has 0 saturated heterocycles. The van der Waals surface area contributed by atoms with Crippen LogP contribution in [0.4, 0.5) is 21.5 Å². The average Bonchev–Trinajstić information content (AvgIpc) is 3.66. The van der Waals surface area contributed by atoms with E-state index in [1.165, 1.54) is 28.6 Å². The Hall–Kier alpha value is -5.15. The van der Waals surface area contributed by atoms with Crippen molar-refractivity contribution in [3.05, 3.63) is 62.5 Å². The Balaban J connectivity index is 0.000000261. The number of hydrogen-bond donors (Lipinski definition) is 3. The predicted octanol–water partition coefficient (Wildman–Crippen LogP) is 2.03. The summed E-state index contributed by atoms with van der Waals surface area (Å²) < 4.78 is 59.2. The number of amides is 1. The lowest BCUT2D eigenvalue weighted by Gasteiger charge is -2.28. The highest BCUT2D eigenvalue weighted by molar-refractivity contribution is 7.94. The number of fused-ring (bicyclic) bond motifs is 2. The number of carboxylic acids is 1. The number of carboxylic acid groups (broad SMARTS) is 1. The predicted molar refractivity (Wildman–Crippen MR) is 229 cm³/mol. The number of sulfone groups is 1. The van der Waals surface area contributed by atoms with Gasteiger partial charge >= 0.3 is 5.97 Å². The zero-order chi connectivity index (χ0) is 47.6. The molecule has 20 nitrogen and oxygen atoms in total. The van der Waals surface area contributed by atoms with Crippen LogP contribution < -0.4 is 24.6 Å². The number of aromatic nitrogens is 2. The van der Waals surface area contributed by atoms with Crippen molar-refractivity contribution < 1.29 is 65.9 Å². The number of nitrogens with one attached hydrogen (secondary N) is 1. The van der Waals surface area contributed by atoms with Gasteiger partial charge in [0.05, 0.1) is 59.2 Å². The summed E-state index contributed by atoms with van der Waals surface area (Å²) in [6.07, 6.45) is 13.5. The molecule has 0 spiro atoms. The van der Waals surface area contributed by atoms with Crippen LogP contribution in [0.15, 0.2) is 40.2 Å². The van der Waals surface area contributed by atoms with E-state index in [4.69, 9.17) is 21.2 Å². The molecule has 63 heavy (non-hydrogen) atoms. The summed E-state index contributed by atoms with van der Waals surface area (Å²) in [7, 11) is -7.40. The number of carbonyl (C=O) groups excluding carboxylic acids is 4. The zero-order valence-electron chi connectivity index (χ0n) is 35.0. The van der Waals surface area contributed by atoms with Crippen molar-refractivity contribution in [2.45, 2.75) is 51.0 Å². The molecule has 1 aromatic heterocycles. The summed E-state index contributed by atoms with van der Waals surface area (Å²) in [6.45, 7) is 4.57. The van der Waals surface area contributed by atoms with Crippen LogP contribution in [-0.2, 0) is 57.4 Å². The number of nitrogens with zero attached hydrogens (tertiary/aromatic N) is 5. The van der Waals surface area contributed by atoms with Crippen LogP contribution in [0.25, 0.3) is 0 Å². The number of anilines is 1. The lowest BCUT2D eigenvalue weighted by atomic mass is 9.81. The van der Waals surface area contributed by atoms with Gasteiger partial charge in [0.15, 0.2) is 39.6 Å². The number of ketones is 3. The molecule has 342 valence electrons. The van der Waals surface area contributed by atoms with Crippen LogP contribution in [0, 0.1) is 39.6 Å². The van der Waals surface area contributed by atoms with E-state index < -0.39 is 81.5 Å². The van der Waals surface area contributed by atoms with E-state index in [2.05, 4.69) is 47.9 Å². The first-order valence-electron chi connectivity index (χ1n) is 18.5. The van der Waals surface area contributed by atoms with Gasteiger partial charge in [-0.3, -0.25) is 44.3 Å². The average molecular weight is 957 g/mol. The molecule has 3 heterocycles. The minimum Gasteiger partial charge on any atom is -0.778 e. The van der Waals surface area contributed by atoms with E-state index >= 15 is 0 Å². The van der Waals surface area contributed by atoms with E-state index in [9.17, 15) is 56.4 Å². The first kappa shape index (κ1) is 52.2. The number of nitro groups is 1. The molecule has 0 bridgehead atoms. The molecule has 3 aliphatic rings. The van der Waals surface area contributed by atoms with Gasteiger partial charge in [-0.1, -0.05) is 19.8 Å². The van der Waals surface area contributed by atoms with Crippen LogP contribution in [-0.4, -0.2) is 113 Å². The fourth-order valence-electron chi connectivity index (χ4n) is 6.00. The number of halogens is 1. The maximum Gasteiger partial charge on any atom is 0.317 e. The molecular formula is C38H46FN6O14PS3. The number of aliphatic carboxylic acids is 1. The van der Waals surface area contributed by atoms with Crippen molar-refractivity contribution in [3.8, 4) is 18.1 Å². The highest BCUT2D eigenvalue weighted by Crippen LogP contribution is 2.38. The van der Waals surface area contributed by atoms with Gasteiger partial charge in [0.1, 0.15) is 30.8 Å². The maximum atomic E-state index is 14.5. The lowest BCUT2D eigenvalue weighted by Crippen LogP contribution is -2.39. The topological polar surface area (TPSA) is 298 Å². The third-order valence-electron chi connectivity index (χ3n) is 8.63. The van der Waals surface area contributed by atoms with Crippen LogP contribution >= 0.6 is 19.1 Å². The standard InChI is InChI=1S/C18H17FN4O2S.C14H13NO7S.C3H8NO5P.C3H9S/c1-4-5-22-13-7-12(11(19)6-14(13)25-9-16(22)24)20-17-23-10-18(2,3)8-15(23)21-26-17;1-23(21,22)8-5-6-9(10(7-8)15(19)20)14(18)13-11(16)3-2-4-12(13)17;5-3(6)1-4-2-10(7,8)9;1-4(2)3/h1,6-7H,5,8-10H2,2-3H3;5-7,13H,2-4H2,1H3;4H,1-2H2,(H,5,6)(H2,7,8,9);1-3H3/q;;;+1/p-1/b20-17-;;;. The van der Waals surface area contributed by atoms with E-state index in [0.717, 1.165) is 43.2 Å². The number of rotatable bonds is 10. The fourth-order valence-corrected chi connectivity index (χ4v) is 7.80. The first-order valence-corrected chi connectivity index (χ1v) is 25.4. The molecular weight excluding hydrogens is 911 g/mol. The number of ether oxygens (including phenoxy) is 1. The fraction of sp³-hybridized carbons (Fsp3) is 0.447. The second-order valence-electron chi connectivity index (χ2n) is 15.3. The monoisotopic (exact) mass is 956 g/mol. The Bertz CT molecular complexity index is 2530. The van der Waals surface area contributed by atoms with E-state index in [1.807, 2.05) is 9.88 Å². The van der Waals surface area contributed by atoms with Crippen molar-refractivity contribution in [1.82, 2.24) is 14.3 Å². The highest BCUT2D eigenvalue weighted by atomic mass is 32.2. The Morgan fingerprint density at radius 2 is 1.81 bits per heavy atom. The summed E-state index contributed by atoms with van der Waals surface area (Å²) in [5.74, 6) is -1.86. The number of nitro benzene ring substituents is 1. The Morgan fingerprint density at radius 3 is 2.35 bits per heavy atom. The molecule has 25 heteroatoms. The number of terminal acetylenes is 1. The third kappa shape index (κ3) is 15.3. The molecule has 1 saturated carbocycles. The lowest BCUT2D eigenvalue weighted by molar-refractivity contribution is -0.385. The molecule has 3 aromatic rings. The Kier molecular flexibility index (Phi) is 18.2. The minimum atomic E-state index is -4.35. The molecule has 1 unspecified atom stereocenters. The van der Waals surface area contributed by atoms with Crippen LogP contribution in [0.3, 0.4) is 0 Å². The van der Waals surface area contributed by atoms with Gasteiger partial charge in [-0.15, -0.1) is 6.42 Å². The van der Waals surface area contributed by atoms with Crippen molar-refractivity contribution in [1.29, 1.82) is 0 Å². The van der Waals surface area contributed by atoms with Gasteiger partial charge < -0.3 is 28.8 Å². The smallest absolute Gasteiger partial charge is 0.317 e. The Labute approximate surface area is 368 Å². The van der Waals surface area contributed by atoms with Crippen molar-refractivity contribution in [2.75, 3.05) is 55.9 Å². The SMILES string of the molecule is C#CCN1C(=O)COc2cc(F)c(/N=c3\snc4n3CC(C)(C)C4)cc21.CS(=O)(=O)c1ccc(C(=O)C2C(=O)CCCC2=O)c([N+](=O)[O-])c1.C[S+](C)C.O=C(O)CNCP(=O)([O-])O. The van der Waals surface area contributed by atoms with Gasteiger partial charge in [-0.05, 0) is 40.9 Å². The molecule has 2 aliphatic heterocycles. The molecule has 3 N–H and O–H groups in total. The summed E-state index contributed by atoms with van der Waals surface area (Å²) in [5.41, 5.74) is -0.489. The molecule has 1 aliphatic carbocycles. The summed E-state index contributed by atoms with van der Waals surface area (Å²) in [6, 6.07) is 5.55. The number of carbonyl (C=O) groups is 5. The van der Waals surface area contributed by atoms with Crippen molar-refractivity contribution in [2.24, 2.45) is 16.3 Å². The second-order valence-corrected chi connectivity index (χ2v) is 22.1. The van der Waals surface area contributed by atoms with Crippen LogP contribution in [0.2, 0.25) is 0 Å². The number of Topliss-reactive ketones (excluding diaryl/α,β-unsaturated/α-hetero) is 3. The zero-order valence-corrected chi connectivity index (χ0v) is 38.3. The van der Waals surface area contributed by atoms with Crippen molar-refractivity contribution in [3.63, 3.8) is 0 Å². The van der Waals surface area contributed by atoms with Gasteiger partial charge in [-0.25, -0.2) is 17.8 Å². The van der Waals surface area contributed by atoms with Gasteiger partial charge in [0.2, 0.25) is 4.80 Å². The number of benzene rings is 2. The molecule has 2 aromatic carbocycles. The third-order valence-corrected chi connectivity index (χ3v) is 11.1. The van der Waals surface area contributed by atoms with Gasteiger partial charge in [-0.2, -0.15) is 4.37 Å². The van der Waals surface area contributed by atoms with Crippen LogP contribution in [0.1, 0.15) is 49.3 Å². The Morgan fingerprint density at radius 1 is 1.19 bits per heavy atom. The second kappa shape index (κ2) is 22.0. The number of hydrogen-bond acceptors (Lipinski definition) is 16. The summed E-state index contributed by atoms with van der Waals surface area (Å²) in [4.78, 5) is 92.3. The molecule has 6 rings (SSSR count). The summed E-state index contributed by atoms with van der Waals surface area (Å²) in [5, 5.41) is 21.1. The quantitative estimate of drug-likeness (QED) is 0.0498. The van der Waals surface area contributed by atoms with Crippen molar-refractivity contribution >= 4 is 86.1 Å². The largest absolute Gasteiger partial charge is 0.778 e. The molecule has 1 atom stereocenters. The van der Waals surface area contributed by atoms with Crippen LogP contribution in [0.5, 0.6) is 5.75 Å². The van der Waals surface area contributed by atoms with E-state index in [-0.39, 0.29) is 47.9 Å². The summed E-state index contributed by atoms with van der Waals surface area (Å²) >= 11 is 1.24. The minimum absolute atomic E-state index is 0.0668. The first-order chi connectivity index (χ1) is 29.1. The highest BCUT2D eigenvalue weighted by Gasteiger charge is 2.39. The van der Waals surface area contributed by atoms with Gasteiger partial charge in [0, 0.05) is 55.7 Å². The van der Waals surface area contributed by atoms with Gasteiger partial charge in [0.25, 0.3) is 11.6 Å². The normalized spacial score (nSPS) is 16.7. The van der Waals surface area contributed by atoms with E-state index in [1.54, 1.807) is 0 Å². The molecule has 1 amide bonds. The maximum absolute atomic E-state index is 14.5. The molecule has 1 fully saturated rings. The van der Waals surface area contributed by atoms with E-state index in [0.29, 0.717) is 33.6 Å².